The molecule has 3 aliphatic carbocycles. The van der Waals surface area contributed by atoms with Crippen molar-refractivity contribution < 1.29 is 9.84 Å². The first-order chi connectivity index (χ1) is 18.3. The van der Waals surface area contributed by atoms with Crippen LogP contribution in [-0.4, -0.2) is 55.5 Å². The third-order valence-electron chi connectivity index (χ3n) is 8.32. The van der Waals surface area contributed by atoms with Gasteiger partial charge < -0.3 is 14.7 Å². The topological polar surface area (TPSA) is 122 Å². The second-order valence-corrected chi connectivity index (χ2v) is 11.5. The van der Waals surface area contributed by atoms with Gasteiger partial charge >= 0.3 is 0 Å². The summed E-state index contributed by atoms with van der Waals surface area (Å²) in [7, 11) is 0. The largest absolute Gasteiger partial charge is 0.472 e. The zero-order valence-electron chi connectivity index (χ0n) is 21.5. The molecule has 4 heterocycles. The van der Waals surface area contributed by atoms with Crippen molar-refractivity contribution in [1.29, 1.82) is 5.26 Å². The number of ether oxygens (including phenoxy) is 1. The number of rotatable bonds is 8. The van der Waals surface area contributed by atoms with Gasteiger partial charge in [-0.3, -0.25) is 9.48 Å². The maximum absolute atomic E-state index is 12.4. The lowest BCUT2D eigenvalue weighted by atomic mass is 9.36. The Morgan fingerprint density at radius 2 is 2.08 bits per heavy atom. The van der Waals surface area contributed by atoms with E-state index in [1.54, 1.807) is 12.4 Å². The Morgan fingerprint density at radius 3 is 2.82 bits per heavy atom. The molecule has 1 N–H and O–H groups in total. The van der Waals surface area contributed by atoms with Crippen LogP contribution in [-0.2, 0) is 13.1 Å². The fraction of sp³-hybridized carbons (Fsp3) is 0.519. The molecule has 1 unspecified atom stereocenters. The van der Waals surface area contributed by atoms with Gasteiger partial charge in [-0.25, -0.2) is 9.67 Å². The number of anilines is 1. The molecule has 0 spiro atoms. The predicted octanol–water partition coefficient (Wildman–Crippen LogP) is 3.12. The van der Waals surface area contributed by atoms with Crippen molar-refractivity contribution in [2.24, 2.45) is 10.8 Å². The summed E-state index contributed by atoms with van der Waals surface area (Å²) in [6.45, 7) is 6.14. The number of aromatic nitrogens is 5. The molecular weight excluding hydrogens is 506 g/mol. The van der Waals surface area contributed by atoms with Crippen LogP contribution in [0.1, 0.15) is 37.1 Å². The Balaban J connectivity index is 1.15. The van der Waals surface area contributed by atoms with Gasteiger partial charge in [-0.2, -0.15) is 15.5 Å². The molecule has 0 aromatic carbocycles. The zero-order valence-corrected chi connectivity index (χ0v) is 22.3. The molecule has 198 valence electrons. The Hall–Kier alpha value is -3.42. The Labute approximate surface area is 225 Å². The van der Waals surface area contributed by atoms with Gasteiger partial charge in [-0.1, -0.05) is 11.6 Å². The maximum atomic E-state index is 12.4. The Bertz CT molecular complexity index is 1490. The lowest BCUT2D eigenvalue weighted by Gasteiger charge is -2.67. The average Bonchev–Trinajstić information content (AvgIpc) is 3.42. The van der Waals surface area contributed by atoms with E-state index in [1.165, 1.54) is 0 Å². The summed E-state index contributed by atoms with van der Waals surface area (Å²) in [6, 6.07) is 6.42. The molecule has 1 saturated heterocycles. The van der Waals surface area contributed by atoms with Gasteiger partial charge in [0.25, 0.3) is 5.56 Å². The molecule has 1 aliphatic heterocycles. The molecule has 1 atom stereocenters. The van der Waals surface area contributed by atoms with E-state index in [2.05, 4.69) is 27.8 Å². The van der Waals surface area contributed by atoms with Crippen molar-refractivity contribution in [1.82, 2.24) is 24.5 Å². The number of hydrogen-bond acceptors (Lipinski definition) is 8. The second kappa shape index (κ2) is 9.10. The number of pyridine rings is 1. The number of nitriles is 1. The molecule has 3 aromatic heterocycles. The maximum Gasteiger partial charge on any atom is 0.287 e. The van der Waals surface area contributed by atoms with Crippen LogP contribution in [0.3, 0.4) is 0 Å². The highest BCUT2D eigenvalue weighted by atomic mass is 35.5. The van der Waals surface area contributed by atoms with E-state index in [4.69, 9.17) is 26.5 Å². The van der Waals surface area contributed by atoms with E-state index in [0.717, 1.165) is 59.4 Å². The molecule has 2 bridgehead atoms. The Kier molecular flexibility index (Phi) is 5.96. The lowest BCUT2D eigenvalue weighted by molar-refractivity contribution is -0.174. The van der Waals surface area contributed by atoms with Crippen molar-refractivity contribution in [2.75, 3.05) is 24.6 Å². The van der Waals surface area contributed by atoms with Gasteiger partial charge in [0.15, 0.2) is 0 Å². The molecule has 10 nitrogen and oxygen atoms in total. The van der Waals surface area contributed by atoms with Gasteiger partial charge in [0.1, 0.15) is 11.1 Å². The fourth-order valence-electron chi connectivity index (χ4n) is 6.64. The monoisotopic (exact) mass is 535 g/mol. The highest BCUT2D eigenvalue weighted by Gasteiger charge is 2.68. The van der Waals surface area contributed by atoms with E-state index in [0.29, 0.717) is 24.7 Å². The molecule has 38 heavy (non-hydrogen) atoms. The van der Waals surface area contributed by atoms with Crippen molar-refractivity contribution in [2.45, 2.75) is 58.7 Å². The molecule has 0 radical (unpaired) electrons. The van der Waals surface area contributed by atoms with Gasteiger partial charge in [-0.15, -0.1) is 0 Å². The van der Waals surface area contributed by atoms with Crippen molar-refractivity contribution in [3.8, 4) is 23.1 Å². The fourth-order valence-corrected chi connectivity index (χ4v) is 6.91. The summed E-state index contributed by atoms with van der Waals surface area (Å²) < 4.78 is 9.52. The van der Waals surface area contributed by atoms with Crippen molar-refractivity contribution in [3.05, 3.63) is 51.3 Å². The Morgan fingerprint density at radius 1 is 1.29 bits per heavy atom. The summed E-state index contributed by atoms with van der Waals surface area (Å²) in [5.74, 6) is 0.541. The SMILES string of the molecule is Cc1nn(CC23CC(C#N)(C2)C3)c(C)c1-c1ccnc(OC2CCN(c3cnn(CCO)c(=O)c3Cl)C2)c1. The van der Waals surface area contributed by atoms with E-state index in [1.807, 2.05) is 24.0 Å². The third kappa shape index (κ3) is 4.05. The van der Waals surface area contributed by atoms with Crippen LogP contribution in [0.2, 0.25) is 5.02 Å². The first kappa shape index (κ1) is 24.9. The minimum Gasteiger partial charge on any atom is -0.472 e. The van der Waals surface area contributed by atoms with E-state index in [9.17, 15) is 10.1 Å². The normalized spacial score (nSPS) is 25.6. The molecular formula is C27H30ClN7O3. The van der Waals surface area contributed by atoms with Crippen LogP contribution in [0.25, 0.3) is 11.1 Å². The summed E-state index contributed by atoms with van der Waals surface area (Å²) in [6.07, 6.45) is 6.92. The van der Waals surface area contributed by atoms with E-state index < -0.39 is 5.56 Å². The van der Waals surface area contributed by atoms with Gasteiger partial charge in [0.05, 0.1) is 48.8 Å². The summed E-state index contributed by atoms with van der Waals surface area (Å²) >= 11 is 6.34. The van der Waals surface area contributed by atoms with E-state index >= 15 is 0 Å². The van der Waals surface area contributed by atoms with Crippen LogP contribution in [0.4, 0.5) is 5.69 Å². The molecule has 4 aliphatic rings. The average molecular weight is 536 g/mol. The van der Waals surface area contributed by atoms with Crippen LogP contribution in [0.5, 0.6) is 5.88 Å². The molecule has 7 rings (SSSR count). The number of aliphatic hydroxyl groups excluding tert-OH is 1. The molecule has 0 amide bonds. The predicted molar refractivity (Wildman–Crippen MR) is 141 cm³/mol. The number of aryl methyl sites for hydroxylation is 1. The van der Waals surface area contributed by atoms with E-state index in [-0.39, 0.29) is 35.1 Å². The van der Waals surface area contributed by atoms with Gasteiger partial charge in [-0.05, 0) is 50.2 Å². The summed E-state index contributed by atoms with van der Waals surface area (Å²) in [5.41, 5.74) is 4.51. The number of nitrogens with zero attached hydrogens (tertiary/aromatic N) is 7. The minimum absolute atomic E-state index is 0.0620. The summed E-state index contributed by atoms with van der Waals surface area (Å²) in [4.78, 5) is 18.9. The number of halogens is 1. The van der Waals surface area contributed by atoms with Gasteiger partial charge in [0.2, 0.25) is 5.88 Å². The van der Waals surface area contributed by atoms with Crippen molar-refractivity contribution in [3.63, 3.8) is 0 Å². The van der Waals surface area contributed by atoms with Crippen LogP contribution >= 0.6 is 11.6 Å². The van der Waals surface area contributed by atoms with Crippen LogP contribution in [0, 0.1) is 36.0 Å². The van der Waals surface area contributed by atoms with Gasteiger partial charge in [0, 0.05) is 43.0 Å². The molecule has 3 saturated carbocycles. The standard InChI is InChI=1S/C27H30ClN7O3/c1-17-23(18(2)35(32-17)16-27-12-26(13-27,14-27)15-29)19-3-5-30-22(9-19)38-20-4-6-33(11-20)21-10-31-34(7-8-36)25(37)24(21)28/h3,5,9-10,20,36H,4,6-8,11-14,16H2,1-2H3. The van der Waals surface area contributed by atoms with Crippen molar-refractivity contribution >= 4 is 17.3 Å². The number of hydrogen-bond donors (Lipinski definition) is 1. The highest BCUT2D eigenvalue weighted by Crippen LogP contribution is 2.73. The first-order valence-corrected chi connectivity index (χ1v) is 13.3. The third-order valence-corrected chi connectivity index (χ3v) is 8.67. The molecule has 3 aromatic rings. The summed E-state index contributed by atoms with van der Waals surface area (Å²) in [5, 5.41) is 27.5. The minimum atomic E-state index is -0.415. The zero-order chi connectivity index (χ0) is 26.7. The van der Waals surface area contributed by atoms with Crippen LogP contribution in [0.15, 0.2) is 29.3 Å². The van der Waals surface area contributed by atoms with Crippen LogP contribution < -0.4 is 15.2 Å². The molecule has 11 heteroatoms. The smallest absolute Gasteiger partial charge is 0.287 e. The molecule has 4 fully saturated rings. The lowest BCUT2D eigenvalue weighted by Crippen LogP contribution is -2.62. The first-order valence-electron chi connectivity index (χ1n) is 13.0. The number of aliphatic hydroxyl groups is 1. The highest BCUT2D eigenvalue weighted by molar-refractivity contribution is 6.33. The quantitative estimate of drug-likeness (QED) is 0.467. The second-order valence-electron chi connectivity index (χ2n) is 11.1.